The van der Waals surface area contributed by atoms with E-state index >= 15 is 0 Å². The standard InChI is InChI=1S/C25H27N3O2S/c1-16-8-13-20-22(14-16)31-24(26-20)17-9-11-19(12-10-17)28-23(29)15-21(25(28)30)27(2)18-6-4-3-5-7-18/h8-14,18,21H,3-7,15H2,1-2H3/p+1/t21-/m0/s1. The summed E-state index contributed by atoms with van der Waals surface area (Å²) in [7, 11) is 2.09. The number of aryl methyl sites for hydroxylation is 1. The number of nitrogens with one attached hydrogen (secondary N) is 1. The van der Waals surface area contributed by atoms with E-state index in [1.54, 1.807) is 11.3 Å². The molecular weight excluding hydrogens is 406 g/mol. The van der Waals surface area contributed by atoms with Crippen LogP contribution in [-0.4, -0.2) is 35.9 Å². The minimum Gasteiger partial charge on any atom is -0.324 e. The molecule has 31 heavy (non-hydrogen) atoms. The number of hydrogen-bond acceptors (Lipinski definition) is 4. The van der Waals surface area contributed by atoms with Crippen molar-refractivity contribution in [3.63, 3.8) is 0 Å². The first kappa shape index (κ1) is 20.3. The number of likely N-dealkylation sites (N-methyl/N-ethyl adjacent to an activating group) is 1. The molecule has 1 aromatic heterocycles. The maximum atomic E-state index is 13.2. The molecule has 5 nitrogen and oxygen atoms in total. The van der Waals surface area contributed by atoms with Gasteiger partial charge in [-0.3, -0.25) is 9.59 Å². The minimum absolute atomic E-state index is 0.0590. The van der Waals surface area contributed by atoms with Crippen molar-refractivity contribution in [2.45, 2.75) is 57.5 Å². The molecule has 1 saturated heterocycles. The van der Waals surface area contributed by atoms with E-state index in [2.05, 4.69) is 26.1 Å². The van der Waals surface area contributed by atoms with Crippen LogP contribution in [0.25, 0.3) is 20.8 Å². The van der Waals surface area contributed by atoms with Gasteiger partial charge in [-0.15, -0.1) is 11.3 Å². The average Bonchev–Trinajstić information content (AvgIpc) is 3.34. The van der Waals surface area contributed by atoms with Crippen LogP contribution in [0, 0.1) is 6.92 Å². The SMILES string of the molecule is Cc1ccc2nc(-c3ccc(N4C(=O)C[C@H]([NH+](C)C5CCCCC5)C4=O)cc3)sc2c1. The minimum atomic E-state index is -0.261. The number of thiazole rings is 1. The van der Waals surface area contributed by atoms with Crippen LogP contribution in [0.1, 0.15) is 44.1 Å². The number of quaternary nitrogens is 1. The van der Waals surface area contributed by atoms with Crippen molar-refractivity contribution in [1.82, 2.24) is 4.98 Å². The Kier molecular flexibility index (Phi) is 5.36. The van der Waals surface area contributed by atoms with Crippen molar-refractivity contribution in [2.75, 3.05) is 11.9 Å². The quantitative estimate of drug-likeness (QED) is 0.637. The molecule has 1 aliphatic carbocycles. The Morgan fingerprint density at radius 3 is 2.52 bits per heavy atom. The molecule has 0 bridgehead atoms. The molecule has 1 aliphatic heterocycles. The molecule has 1 N–H and O–H groups in total. The van der Waals surface area contributed by atoms with Crippen LogP contribution in [0.5, 0.6) is 0 Å². The Bertz CT molecular complexity index is 1130. The highest BCUT2D eigenvalue weighted by Gasteiger charge is 2.46. The average molecular weight is 435 g/mol. The number of amides is 2. The zero-order valence-electron chi connectivity index (χ0n) is 18.1. The molecule has 160 valence electrons. The second-order valence-corrected chi connectivity index (χ2v) is 9.97. The van der Waals surface area contributed by atoms with Gasteiger partial charge in [0.15, 0.2) is 6.04 Å². The number of nitrogens with zero attached hydrogens (tertiary/aromatic N) is 2. The molecule has 6 heteroatoms. The molecule has 0 radical (unpaired) electrons. The summed E-state index contributed by atoms with van der Waals surface area (Å²) in [5.74, 6) is -0.148. The highest BCUT2D eigenvalue weighted by atomic mass is 32.1. The molecular formula is C25H28N3O2S+. The Morgan fingerprint density at radius 2 is 1.77 bits per heavy atom. The molecule has 2 heterocycles. The Morgan fingerprint density at radius 1 is 1.03 bits per heavy atom. The van der Waals surface area contributed by atoms with E-state index in [-0.39, 0.29) is 17.9 Å². The summed E-state index contributed by atoms with van der Waals surface area (Å²) in [6.45, 7) is 2.08. The fraction of sp³-hybridized carbons (Fsp3) is 0.400. The topological polar surface area (TPSA) is 54.7 Å². The van der Waals surface area contributed by atoms with E-state index in [1.807, 2.05) is 30.3 Å². The van der Waals surface area contributed by atoms with Crippen LogP contribution in [0.15, 0.2) is 42.5 Å². The van der Waals surface area contributed by atoms with Gasteiger partial charge in [-0.1, -0.05) is 12.5 Å². The largest absolute Gasteiger partial charge is 0.324 e. The van der Waals surface area contributed by atoms with Crippen molar-refractivity contribution in [3.05, 3.63) is 48.0 Å². The van der Waals surface area contributed by atoms with Gasteiger partial charge >= 0.3 is 0 Å². The predicted molar refractivity (Wildman–Crippen MR) is 124 cm³/mol. The van der Waals surface area contributed by atoms with Crippen molar-refractivity contribution in [3.8, 4) is 10.6 Å². The summed E-state index contributed by atoms with van der Waals surface area (Å²) in [6, 6.07) is 14.2. The van der Waals surface area contributed by atoms with Gasteiger partial charge in [-0.25, -0.2) is 9.88 Å². The monoisotopic (exact) mass is 434 g/mol. The van der Waals surface area contributed by atoms with Crippen LogP contribution < -0.4 is 9.80 Å². The number of hydrogen-bond donors (Lipinski definition) is 1. The Balaban J connectivity index is 1.36. The van der Waals surface area contributed by atoms with Gasteiger partial charge in [0, 0.05) is 5.56 Å². The third-order valence-electron chi connectivity index (χ3n) is 6.86. The van der Waals surface area contributed by atoms with E-state index in [4.69, 9.17) is 4.98 Å². The first-order valence-corrected chi connectivity index (χ1v) is 12.0. The summed E-state index contributed by atoms with van der Waals surface area (Å²) in [6.07, 6.45) is 6.36. The van der Waals surface area contributed by atoms with Crippen LogP contribution in [0.2, 0.25) is 0 Å². The summed E-state index contributed by atoms with van der Waals surface area (Å²) in [5, 5.41) is 0.950. The molecule has 1 saturated carbocycles. The van der Waals surface area contributed by atoms with Gasteiger partial charge < -0.3 is 4.90 Å². The van der Waals surface area contributed by atoms with E-state index < -0.39 is 0 Å². The smallest absolute Gasteiger partial charge is 0.292 e. The van der Waals surface area contributed by atoms with Crippen molar-refractivity contribution in [1.29, 1.82) is 0 Å². The number of carbonyl (C=O) groups excluding carboxylic acids is 2. The van der Waals surface area contributed by atoms with Crippen molar-refractivity contribution < 1.29 is 14.5 Å². The maximum Gasteiger partial charge on any atom is 0.292 e. The van der Waals surface area contributed by atoms with E-state index in [0.29, 0.717) is 18.2 Å². The molecule has 3 aromatic rings. The predicted octanol–water partition coefficient (Wildman–Crippen LogP) is 3.75. The van der Waals surface area contributed by atoms with Crippen molar-refractivity contribution >= 4 is 39.1 Å². The highest BCUT2D eigenvalue weighted by molar-refractivity contribution is 7.21. The normalized spacial score (nSPS) is 21.2. The van der Waals surface area contributed by atoms with Gasteiger partial charge in [0.05, 0.1) is 35.4 Å². The van der Waals surface area contributed by atoms with Crippen LogP contribution in [0.3, 0.4) is 0 Å². The molecule has 2 fully saturated rings. The lowest BCUT2D eigenvalue weighted by Crippen LogP contribution is -3.17. The molecule has 5 rings (SSSR count). The molecule has 2 atom stereocenters. The number of carbonyl (C=O) groups is 2. The lowest BCUT2D eigenvalue weighted by atomic mass is 9.93. The zero-order valence-corrected chi connectivity index (χ0v) is 18.9. The van der Waals surface area contributed by atoms with Crippen LogP contribution in [-0.2, 0) is 9.59 Å². The zero-order chi connectivity index (χ0) is 21.5. The molecule has 2 amide bonds. The van der Waals surface area contributed by atoms with Gasteiger partial charge in [0.1, 0.15) is 5.01 Å². The number of anilines is 1. The number of rotatable bonds is 4. The third kappa shape index (κ3) is 3.79. The lowest BCUT2D eigenvalue weighted by molar-refractivity contribution is -0.922. The maximum absolute atomic E-state index is 13.2. The Labute approximate surface area is 186 Å². The second kappa shape index (κ2) is 8.17. The number of benzene rings is 2. The van der Waals surface area contributed by atoms with E-state index in [0.717, 1.165) is 28.9 Å². The van der Waals surface area contributed by atoms with E-state index in [9.17, 15) is 9.59 Å². The number of imide groups is 1. The van der Waals surface area contributed by atoms with Crippen LogP contribution in [0.4, 0.5) is 5.69 Å². The van der Waals surface area contributed by atoms with Gasteiger partial charge in [-0.2, -0.15) is 0 Å². The lowest BCUT2D eigenvalue weighted by Gasteiger charge is -2.31. The summed E-state index contributed by atoms with van der Waals surface area (Å²) >= 11 is 1.66. The van der Waals surface area contributed by atoms with Crippen LogP contribution >= 0.6 is 11.3 Å². The second-order valence-electron chi connectivity index (χ2n) is 8.94. The van der Waals surface area contributed by atoms with E-state index in [1.165, 1.54) is 39.3 Å². The fourth-order valence-corrected chi connectivity index (χ4v) is 6.08. The molecule has 1 unspecified atom stereocenters. The third-order valence-corrected chi connectivity index (χ3v) is 7.93. The highest BCUT2D eigenvalue weighted by Crippen LogP contribution is 2.32. The summed E-state index contributed by atoms with van der Waals surface area (Å²) in [4.78, 5) is 33.3. The molecule has 2 aliphatic rings. The van der Waals surface area contributed by atoms with Gasteiger partial charge in [0.25, 0.3) is 5.91 Å². The number of fused-ring (bicyclic) bond motifs is 1. The first-order chi connectivity index (χ1) is 15.0. The molecule has 2 aromatic carbocycles. The summed E-state index contributed by atoms with van der Waals surface area (Å²) in [5.41, 5.74) is 3.88. The first-order valence-electron chi connectivity index (χ1n) is 11.2. The van der Waals surface area contributed by atoms with Crippen molar-refractivity contribution in [2.24, 2.45) is 0 Å². The van der Waals surface area contributed by atoms with Gasteiger partial charge in [0.2, 0.25) is 5.91 Å². The number of aromatic nitrogens is 1. The fourth-order valence-electron chi connectivity index (χ4n) is 5.01. The van der Waals surface area contributed by atoms with Gasteiger partial charge in [-0.05, 0) is 74.6 Å². The summed E-state index contributed by atoms with van der Waals surface area (Å²) < 4.78 is 1.17. The molecule has 0 spiro atoms. The Hall–Kier alpha value is -2.57.